The summed E-state index contributed by atoms with van der Waals surface area (Å²) >= 11 is 0. The molecule has 0 saturated carbocycles. The van der Waals surface area contributed by atoms with E-state index in [1.54, 1.807) is 7.11 Å². The number of para-hydroxylation sites is 1. The van der Waals surface area contributed by atoms with Crippen molar-refractivity contribution >= 4 is 17.5 Å². The molecular weight excluding hydrogens is 368 g/mol. The molecule has 1 aliphatic rings. The maximum atomic E-state index is 13.2. The van der Waals surface area contributed by atoms with Crippen LogP contribution in [-0.4, -0.2) is 41.6 Å². The van der Waals surface area contributed by atoms with Crippen molar-refractivity contribution in [3.63, 3.8) is 0 Å². The minimum Gasteiger partial charge on any atom is -0.383 e. The number of carbonyl (C=O) groups is 2. The fraction of sp³-hybridized carbons (Fsp3) is 0.500. The van der Waals surface area contributed by atoms with E-state index in [2.05, 4.69) is 29.5 Å². The van der Waals surface area contributed by atoms with Gasteiger partial charge in [0, 0.05) is 25.9 Å². The highest BCUT2D eigenvalue weighted by atomic mass is 16.5. The van der Waals surface area contributed by atoms with E-state index in [4.69, 9.17) is 4.74 Å². The first-order valence-electron chi connectivity index (χ1n) is 10.4. The number of nitrogens with zero attached hydrogens (tertiary/aromatic N) is 2. The molecular formula is C22H30N4O3. The number of amides is 2. The Bertz CT molecular complexity index is 866. The lowest BCUT2D eigenvalue weighted by Gasteiger charge is -2.18. The first-order valence-corrected chi connectivity index (χ1v) is 10.4. The largest absolute Gasteiger partial charge is 0.383 e. The van der Waals surface area contributed by atoms with Crippen LogP contribution in [0, 0.1) is 0 Å². The van der Waals surface area contributed by atoms with Crippen molar-refractivity contribution in [2.45, 2.75) is 52.5 Å². The predicted octanol–water partition coefficient (Wildman–Crippen LogP) is 2.97. The monoisotopic (exact) mass is 398 g/mol. The van der Waals surface area contributed by atoms with E-state index in [1.807, 2.05) is 22.8 Å². The molecule has 2 amide bonds. The van der Waals surface area contributed by atoms with Crippen LogP contribution in [0.25, 0.3) is 0 Å². The number of ether oxygens (including phenoxy) is 1. The molecule has 7 nitrogen and oxygen atoms in total. The van der Waals surface area contributed by atoms with Crippen molar-refractivity contribution in [1.29, 1.82) is 0 Å². The second kappa shape index (κ2) is 9.69. The normalized spacial score (nSPS) is 13.1. The first kappa shape index (κ1) is 21.0. The van der Waals surface area contributed by atoms with Crippen LogP contribution < -0.4 is 10.6 Å². The SMILES string of the molecule is CCc1cccc(CC)c1NC(=O)c1nc(C(=O)NCCOC)n2c1CCCC2. The maximum Gasteiger partial charge on any atom is 0.287 e. The Balaban J connectivity index is 1.91. The molecule has 1 aromatic heterocycles. The lowest BCUT2D eigenvalue weighted by atomic mass is 10.0. The summed E-state index contributed by atoms with van der Waals surface area (Å²) in [5.41, 5.74) is 4.27. The van der Waals surface area contributed by atoms with Crippen molar-refractivity contribution in [2.75, 3.05) is 25.6 Å². The van der Waals surface area contributed by atoms with E-state index in [-0.39, 0.29) is 11.8 Å². The van der Waals surface area contributed by atoms with Gasteiger partial charge in [-0.15, -0.1) is 0 Å². The third-order valence-electron chi connectivity index (χ3n) is 5.37. The van der Waals surface area contributed by atoms with Crippen molar-refractivity contribution in [2.24, 2.45) is 0 Å². The number of anilines is 1. The molecule has 0 saturated heterocycles. The lowest BCUT2D eigenvalue weighted by molar-refractivity contribution is 0.0921. The predicted molar refractivity (Wildman–Crippen MR) is 113 cm³/mol. The third-order valence-corrected chi connectivity index (χ3v) is 5.37. The number of rotatable bonds is 8. The minimum absolute atomic E-state index is 0.248. The summed E-state index contributed by atoms with van der Waals surface area (Å²) < 4.78 is 6.88. The summed E-state index contributed by atoms with van der Waals surface area (Å²) in [5, 5.41) is 5.89. The van der Waals surface area contributed by atoms with E-state index in [0.29, 0.717) is 31.2 Å². The average molecular weight is 399 g/mol. The highest BCUT2D eigenvalue weighted by Crippen LogP contribution is 2.26. The maximum absolute atomic E-state index is 13.2. The molecule has 2 N–H and O–H groups in total. The number of aromatic nitrogens is 2. The van der Waals surface area contributed by atoms with Gasteiger partial charge in [-0.2, -0.15) is 0 Å². The molecule has 2 heterocycles. The van der Waals surface area contributed by atoms with Gasteiger partial charge in [-0.1, -0.05) is 32.0 Å². The van der Waals surface area contributed by atoms with E-state index in [9.17, 15) is 9.59 Å². The summed E-state index contributed by atoms with van der Waals surface area (Å²) in [7, 11) is 1.59. The zero-order valence-electron chi connectivity index (χ0n) is 17.5. The van der Waals surface area contributed by atoms with Gasteiger partial charge in [0.05, 0.1) is 12.3 Å². The van der Waals surface area contributed by atoms with Crippen LogP contribution in [-0.2, 0) is 30.5 Å². The van der Waals surface area contributed by atoms with Gasteiger partial charge < -0.3 is 19.9 Å². The quantitative estimate of drug-likeness (QED) is 0.670. The van der Waals surface area contributed by atoms with E-state index in [0.717, 1.165) is 54.6 Å². The van der Waals surface area contributed by atoms with Gasteiger partial charge in [-0.05, 0) is 43.2 Å². The Morgan fingerprint density at radius 3 is 2.52 bits per heavy atom. The zero-order valence-corrected chi connectivity index (χ0v) is 17.5. The van der Waals surface area contributed by atoms with Crippen LogP contribution in [0.3, 0.4) is 0 Å². The fourth-order valence-electron chi connectivity index (χ4n) is 3.82. The summed E-state index contributed by atoms with van der Waals surface area (Å²) in [5.74, 6) is -0.213. The molecule has 2 aromatic rings. The van der Waals surface area contributed by atoms with Crippen LogP contribution >= 0.6 is 0 Å². The Morgan fingerprint density at radius 2 is 1.86 bits per heavy atom. The van der Waals surface area contributed by atoms with E-state index in [1.165, 1.54) is 0 Å². The number of methoxy groups -OCH3 is 1. The van der Waals surface area contributed by atoms with Gasteiger partial charge in [0.15, 0.2) is 11.5 Å². The Kier molecular flexibility index (Phi) is 7.04. The number of carbonyl (C=O) groups excluding carboxylic acids is 2. The summed E-state index contributed by atoms with van der Waals surface area (Å²) in [4.78, 5) is 30.3. The lowest BCUT2D eigenvalue weighted by Crippen LogP contribution is -2.30. The van der Waals surface area contributed by atoms with Crippen LogP contribution in [0.4, 0.5) is 5.69 Å². The highest BCUT2D eigenvalue weighted by Gasteiger charge is 2.28. The third kappa shape index (κ3) is 4.50. The van der Waals surface area contributed by atoms with Gasteiger partial charge in [0.25, 0.3) is 11.8 Å². The van der Waals surface area contributed by atoms with Crippen LogP contribution in [0.15, 0.2) is 18.2 Å². The molecule has 1 aliphatic heterocycles. The van der Waals surface area contributed by atoms with E-state index >= 15 is 0 Å². The molecule has 156 valence electrons. The summed E-state index contributed by atoms with van der Waals surface area (Å²) in [6.45, 7) is 5.69. The van der Waals surface area contributed by atoms with Crippen molar-refractivity contribution in [1.82, 2.24) is 14.9 Å². The van der Waals surface area contributed by atoms with Gasteiger partial charge in [-0.3, -0.25) is 9.59 Å². The Labute approximate surface area is 171 Å². The minimum atomic E-state index is -0.271. The number of imidazole rings is 1. The molecule has 0 atom stereocenters. The number of hydrogen-bond donors (Lipinski definition) is 2. The van der Waals surface area contributed by atoms with Crippen LogP contribution in [0.1, 0.15) is 64.6 Å². The molecule has 0 fully saturated rings. The number of aryl methyl sites for hydroxylation is 2. The number of hydrogen-bond acceptors (Lipinski definition) is 4. The van der Waals surface area contributed by atoms with Crippen molar-refractivity contribution < 1.29 is 14.3 Å². The molecule has 29 heavy (non-hydrogen) atoms. The first-order chi connectivity index (χ1) is 14.1. The van der Waals surface area contributed by atoms with Crippen LogP contribution in [0.2, 0.25) is 0 Å². The molecule has 0 unspecified atom stereocenters. The topological polar surface area (TPSA) is 85.2 Å². The second-order valence-corrected chi connectivity index (χ2v) is 7.20. The van der Waals surface area contributed by atoms with Crippen LogP contribution in [0.5, 0.6) is 0 Å². The molecule has 0 bridgehead atoms. The zero-order chi connectivity index (χ0) is 20.8. The summed E-state index contributed by atoms with van der Waals surface area (Å²) in [6.07, 6.45) is 4.37. The second-order valence-electron chi connectivity index (χ2n) is 7.20. The van der Waals surface area contributed by atoms with Crippen molar-refractivity contribution in [3.05, 3.63) is 46.5 Å². The number of fused-ring (bicyclic) bond motifs is 1. The molecule has 0 radical (unpaired) electrons. The Hall–Kier alpha value is -2.67. The average Bonchev–Trinajstić information content (AvgIpc) is 3.14. The van der Waals surface area contributed by atoms with Gasteiger partial charge in [-0.25, -0.2) is 4.98 Å². The molecule has 3 rings (SSSR count). The molecule has 0 spiro atoms. The highest BCUT2D eigenvalue weighted by molar-refractivity contribution is 6.05. The van der Waals surface area contributed by atoms with Gasteiger partial charge in [0.1, 0.15) is 0 Å². The van der Waals surface area contributed by atoms with Gasteiger partial charge in [0.2, 0.25) is 0 Å². The fourth-order valence-corrected chi connectivity index (χ4v) is 3.82. The van der Waals surface area contributed by atoms with Gasteiger partial charge >= 0.3 is 0 Å². The number of nitrogens with one attached hydrogen (secondary N) is 2. The van der Waals surface area contributed by atoms with E-state index < -0.39 is 0 Å². The van der Waals surface area contributed by atoms with Crippen molar-refractivity contribution in [3.8, 4) is 0 Å². The Morgan fingerprint density at radius 1 is 1.14 bits per heavy atom. The molecule has 7 heteroatoms. The summed E-state index contributed by atoms with van der Waals surface area (Å²) in [6, 6.07) is 6.09. The molecule has 1 aromatic carbocycles. The molecule has 0 aliphatic carbocycles. The standard InChI is InChI=1S/C22H30N4O3/c1-4-15-9-8-10-16(5-2)18(15)25-21(27)19-17-11-6-7-13-26(17)20(24-19)22(28)23-12-14-29-3/h8-10H,4-7,11-14H2,1-3H3,(H,23,28)(H,25,27). The smallest absolute Gasteiger partial charge is 0.287 e. The number of benzene rings is 1.